The van der Waals surface area contributed by atoms with Gasteiger partial charge in [0.1, 0.15) is 6.04 Å². The molecule has 2 N–H and O–H groups in total. The van der Waals surface area contributed by atoms with Crippen molar-refractivity contribution in [1.82, 2.24) is 25.4 Å². The third-order valence-corrected chi connectivity index (χ3v) is 6.75. The topological polar surface area (TPSA) is 91.0 Å². The fourth-order valence-corrected chi connectivity index (χ4v) is 4.91. The number of hydrogen-bond donors (Lipinski definition) is 2. The van der Waals surface area contributed by atoms with Gasteiger partial charge in [0.15, 0.2) is 5.69 Å². The predicted octanol–water partition coefficient (Wildman–Crippen LogP) is 3.31. The van der Waals surface area contributed by atoms with Crippen molar-refractivity contribution >= 4 is 11.8 Å². The van der Waals surface area contributed by atoms with E-state index in [-0.39, 0.29) is 11.8 Å². The molecular formula is C26H29N5O2. The summed E-state index contributed by atoms with van der Waals surface area (Å²) in [6, 6.07) is 11.6. The fraction of sp³-hybridized carbons (Fsp3) is 0.385. The van der Waals surface area contributed by atoms with Gasteiger partial charge in [0, 0.05) is 43.2 Å². The first kappa shape index (κ1) is 21.4. The highest BCUT2D eigenvalue weighted by Crippen LogP contribution is 2.25. The van der Waals surface area contributed by atoms with E-state index in [0.717, 1.165) is 53.6 Å². The number of piperazine rings is 1. The zero-order valence-electron chi connectivity index (χ0n) is 18.7. The van der Waals surface area contributed by atoms with Crippen LogP contribution in [-0.4, -0.2) is 51.0 Å². The van der Waals surface area contributed by atoms with Crippen LogP contribution in [0.25, 0.3) is 11.1 Å². The number of aromatic amines is 1. The highest BCUT2D eigenvalue weighted by molar-refractivity contribution is 5.98. The Balaban J connectivity index is 1.37. The Morgan fingerprint density at radius 1 is 0.970 bits per heavy atom. The first-order valence-corrected chi connectivity index (χ1v) is 11.8. The molecule has 2 amide bonds. The van der Waals surface area contributed by atoms with Crippen LogP contribution in [0.2, 0.25) is 0 Å². The Hall–Kier alpha value is -3.48. The summed E-state index contributed by atoms with van der Waals surface area (Å²) >= 11 is 0. The number of aryl methyl sites for hydroxylation is 1. The van der Waals surface area contributed by atoms with Gasteiger partial charge in [-0.1, -0.05) is 37.1 Å². The van der Waals surface area contributed by atoms with Crippen molar-refractivity contribution in [3.63, 3.8) is 0 Å². The first-order valence-electron chi connectivity index (χ1n) is 11.8. The number of nitrogens with one attached hydrogen (secondary N) is 2. The van der Waals surface area contributed by atoms with Crippen LogP contribution in [-0.2, 0) is 24.1 Å². The molecule has 0 radical (unpaired) electrons. The maximum atomic E-state index is 13.6. The zero-order chi connectivity index (χ0) is 22.6. The molecule has 2 aliphatic rings. The van der Waals surface area contributed by atoms with E-state index in [0.29, 0.717) is 25.2 Å². The Morgan fingerprint density at radius 3 is 2.48 bits per heavy atom. The summed E-state index contributed by atoms with van der Waals surface area (Å²) in [6.45, 7) is 0.959. The number of nitrogens with zero attached hydrogens (tertiary/aromatic N) is 3. The van der Waals surface area contributed by atoms with Gasteiger partial charge in [-0.2, -0.15) is 5.10 Å². The SMILES string of the molecule is O=C1NCCN(C(=O)c2n[nH]c3c2CCCCCC3)C1Cc1ccc(-c2ccncc2)cc1. The van der Waals surface area contributed by atoms with Crippen LogP contribution in [0, 0.1) is 0 Å². The van der Waals surface area contributed by atoms with Gasteiger partial charge in [0.05, 0.1) is 0 Å². The van der Waals surface area contributed by atoms with Crippen LogP contribution in [0.5, 0.6) is 0 Å². The van der Waals surface area contributed by atoms with Gasteiger partial charge in [0.25, 0.3) is 5.91 Å². The number of amides is 2. The Labute approximate surface area is 193 Å². The second-order valence-corrected chi connectivity index (χ2v) is 8.89. The second-order valence-electron chi connectivity index (χ2n) is 8.89. The van der Waals surface area contributed by atoms with Crippen molar-refractivity contribution in [2.45, 2.75) is 51.0 Å². The normalized spacial score (nSPS) is 18.7. The van der Waals surface area contributed by atoms with E-state index < -0.39 is 6.04 Å². The van der Waals surface area contributed by atoms with Gasteiger partial charge >= 0.3 is 0 Å². The van der Waals surface area contributed by atoms with E-state index in [4.69, 9.17) is 0 Å². The minimum absolute atomic E-state index is 0.105. The number of aromatic nitrogens is 3. The molecule has 0 saturated carbocycles. The molecule has 0 bridgehead atoms. The molecule has 1 aromatic carbocycles. The standard InChI is InChI=1S/C26H29N5O2/c32-25-23(17-18-7-9-19(10-8-18)20-11-13-27-14-12-20)31(16-15-28-25)26(33)24-21-5-3-1-2-4-6-22(21)29-30-24/h7-14,23H,1-6,15-17H2,(H,28,32)(H,29,30). The fourth-order valence-electron chi connectivity index (χ4n) is 4.91. The molecular weight excluding hydrogens is 414 g/mol. The van der Waals surface area contributed by atoms with E-state index in [9.17, 15) is 9.59 Å². The van der Waals surface area contributed by atoms with Crippen molar-refractivity contribution in [1.29, 1.82) is 0 Å². The zero-order valence-corrected chi connectivity index (χ0v) is 18.7. The molecule has 7 nitrogen and oxygen atoms in total. The molecule has 5 rings (SSSR count). The lowest BCUT2D eigenvalue weighted by molar-refractivity contribution is -0.127. The quantitative estimate of drug-likeness (QED) is 0.647. The van der Waals surface area contributed by atoms with Crippen molar-refractivity contribution in [2.24, 2.45) is 0 Å². The summed E-state index contributed by atoms with van der Waals surface area (Å²) in [4.78, 5) is 32.2. The van der Waals surface area contributed by atoms with Crippen molar-refractivity contribution in [2.75, 3.05) is 13.1 Å². The van der Waals surface area contributed by atoms with E-state index in [1.807, 2.05) is 36.4 Å². The van der Waals surface area contributed by atoms with Gasteiger partial charge in [-0.15, -0.1) is 0 Å². The van der Waals surface area contributed by atoms with Crippen LogP contribution >= 0.6 is 0 Å². The number of pyridine rings is 1. The summed E-state index contributed by atoms with van der Waals surface area (Å²) in [5.41, 5.74) is 5.84. The summed E-state index contributed by atoms with van der Waals surface area (Å²) in [5.74, 6) is -0.243. The smallest absolute Gasteiger partial charge is 0.275 e. The molecule has 7 heteroatoms. The van der Waals surface area contributed by atoms with Gasteiger partial charge in [-0.3, -0.25) is 19.7 Å². The highest BCUT2D eigenvalue weighted by Gasteiger charge is 2.36. The summed E-state index contributed by atoms with van der Waals surface area (Å²) in [5, 5.41) is 10.5. The second kappa shape index (κ2) is 9.57. The minimum Gasteiger partial charge on any atom is -0.353 e. The van der Waals surface area contributed by atoms with Crippen molar-refractivity contribution < 1.29 is 9.59 Å². The maximum absolute atomic E-state index is 13.6. The van der Waals surface area contributed by atoms with Crippen molar-refractivity contribution in [3.8, 4) is 11.1 Å². The monoisotopic (exact) mass is 443 g/mol. The van der Waals surface area contributed by atoms with Gasteiger partial charge in [-0.05, 0) is 54.5 Å². The third kappa shape index (κ3) is 4.53. The van der Waals surface area contributed by atoms with Gasteiger partial charge < -0.3 is 10.2 Å². The Kier molecular flexibility index (Phi) is 6.19. The first-order chi connectivity index (χ1) is 16.2. The Morgan fingerprint density at radius 2 is 1.70 bits per heavy atom. The molecule has 3 heterocycles. The van der Waals surface area contributed by atoms with Crippen LogP contribution in [0.4, 0.5) is 0 Å². The lowest BCUT2D eigenvalue weighted by atomic mass is 9.95. The predicted molar refractivity (Wildman–Crippen MR) is 126 cm³/mol. The molecule has 1 aliphatic heterocycles. The van der Waals surface area contributed by atoms with Crippen LogP contribution < -0.4 is 5.32 Å². The number of carbonyl (C=O) groups is 2. The number of fused-ring (bicyclic) bond motifs is 1. The van der Waals surface area contributed by atoms with Crippen LogP contribution in [0.1, 0.15) is 53.0 Å². The summed E-state index contributed by atoms with van der Waals surface area (Å²) in [6.07, 6.45) is 10.4. The summed E-state index contributed by atoms with van der Waals surface area (Å²) < 4.78 is 0. The number of benzene rings is 1. The molecule has 1 unspecified atom stereocenters. The number of rotatable bonds is 4. The lowest BCUT2D eigenvalue weighted by Crippen LogP contribution is -2.58. The van der Waals surface area contributed by atoms with E-state index >= 15 is 0 Å². The van der Waals surface area contributed by atoms with Crippen LogP contribution in [0.3, 0.4) is 0 Å². The molecule has 170 valence electrons. The molecule has 1 fully saturated rings. The van der Waals surface area contributed by atoms with Crippen LogP contribution in [0.15, 0.2) is 48.8 Å². The molecule has 3 aromatic rings. The number of carbonyl (C=O) groups excluding carboxylic acids is 2. The van der Waals surface area contributed by atoms with E-state index in [1.165, 1.54) is 12.8 Å². The lowest BCUT2D eigenvalue weighted by Gasteiger charge is -2.35. The number of H-pyrrole nitrogens is 1. The maximum Gasteiger partial charge on any atom is 0.275 e. The minimum atomic E-state index is -0.543. The molecule has 1 saturated heterocycles. The average Bonchev–Trinajstić information content (AvgIpc) is 3.22. The third-order valence-electron chi connectivity index (χ3n) is 6.75. The largest absolute Gasteiger partial charge is 0.353 e. The Bertz CT molecular complexity index is 1120. The van der Waals surface area contributed by atoms with E-state index in [1.54, 1.807) is 17.3 Å². The molecule has 1 atom stereocenters. The molecule has 0 spiro atoms. The highest BCUT2D eigenvalue weighted by atomic mass is 16.2. The average molecular weight is 444 g/mol. The summed E-state index contributed by atoms with van der Waals surface area (Å²) in [7, 11) is 0. The van der Waals surface area contributed by atoms with Gasteiger partial charge in [-0.25, -0.2) is 0 Å². The van der Waals surface area contributed by atoms with E-state index in [2.05, 4.69) is 20.5 Å². The molecule has 2 aromatic heterocycles. The van der Waals surface area contributed by atoms with Crippen molar-refractivity contribution in [3.05, 3.63) is 71.3 Å². The van der Waals surface area contributed by atoms with Gasteiger partial charge in [0.2, 0.25) is 5.91 Å². The molecule has 33 heavy (non-hydrogen) atoms. The number of hydrogen-bond acceptors (Lipinski definition) is 4. The molecule has 1 aliphatic carbocycles.